The van der Waals surface area contributed by atoms with E-state index in [9.17, 15) is 19.8 Å². The van der Waals surface area contributed by atoms with Crippen molar-refractivity contribution in [1.29, 1.82) is 0 Å². The number of carbonyl (C=O) groups is 2. The highest BCUT2D eigenvalue weighted by Gasteiger charge is 2.18. The van der Waals surface area contributed by atoms with E-state index in [0.717, 1.165) is 51.4 Å². The van der Waals surface area contributed by atoms with E-state index in [-0.39, 0.29) is 18.5 Å². The molecule has 0 bridgehead atoms. The van der Waals surface area contributed by atoms with E-state index in [2.05, 4.69) is 55.6 Å². The van der Waals surface area contributed by atoms with E-state index in [4.69, 9.17) is 4.74 Å². The van der Waals surface area contributed by atoms with Gasteiger partial charge in [0, 0.05) is 12.8 Å². The molecular formula is C78H147NO5. The lowest BCUT2D eigenvalue weighted by atomic mass is 10.0. The monoisotopic (exact) mass is 1180 g/mol. The third-order valence-corrected chi connectivity index (χ3v) is 17.6. The molecule has 6 nitrogen and oxygen atoms in total. The lowest BCUT2D eigenvalue weighted by Gasteiger charge is -2.20. The normalized spacial score (nSPS) is 12.8. The largest absolute Gasteiger partial charge is 0.466 e. The minimum absolute atomic E-state index is 0.00772. The molecule has 0 saturated heterocycles. The topological polar surface area (TPSA) is 95.9 Å². The van der Waals surface area contributed by atoms with Crippen LogP contribution in [0.2, 0.25) is 0 Å². The Balaban J connectivity index is 3.33. The Morgan fingerprint density at radius 1 is 0.333 bits per heavy atom. The van der Waals surface area contributed by atoms with E-state index in [1.165, 1.54) is 334 Å². The molecule has 0 saturated carbocycles. The predicted octanol–water partition coefficient (Wildman–Crippen LogP) is 24.8. The van der Waals surface area contributed by atoms with E-state index < -0.39 is 12.1 Å². The minimum atomic E-state index is -0.841. The van der Waals surface area contributed by atoms with Crippen molar-refractivity contribution in [1.82, 2.24) is 5.32 Å². The molecule has 0 aliphatic carbocycles. The molecule has 0 heterocycles. The summed E-state index contributed by atoms with van der Waals surface area (Å²) < 4.78 is 5.49. The van der Waals surface area contributed by atoms with Crippen LogP contribution in [0.1, 0.15) is 412 Å². The molecule has 494 valence electrons. The Kier molecular flexibility index (Phi) is 71.4. The number of unbranched alkanes of at least 4 members (excludes halogenated alkanes) is 54. The van der Waals surface area contributed by atoms with E-state index in [0.29, 0.717) is 19.4 Å². The average Bonchev–Trinajstić information content (AvgIpc) is 3.52. The molecule has 0 aromatic heterocycles. The van der Waals surface area contributed by atoms with Crippen LogP contribution < -0.4 is 5.32 Å². The summed E-state index contributed by atoms with van der Waals surface area (Å²) in [5.41, 5.74) is 0. The minimum Gasteiger partial charge on any atom is -0.466 e. The Morgan fingerprint density at radius 3 is 0.952 bits per heavy atom. The van der Waals surface area contributed by atoms with Gasteiger partial charge in [0.15, 0.2) is 0 Å². The summed E-state index contributed by atoms with van der Waals surface area (Å²) in [5, 5.41) is 23.2. The predicted molar refractivity (Wildman–Crippen MR) is 370 cm³/mol. The molecule has 84 heavy (non-hydrogen) atoms. The number of ether oxygens (including phenoxy) is 1. The standard InChI is InChI=1S/C78H147NO5/c1-3-5-7-9-11-13-15-17-46-50-54-58-62-66-70-76(81)75(74-80)79-77(82)71-67-63-59-55-51-47-44-42-40-38-36-34-32-30-28-26-24-22-20-19-21-23-25-27-29-31-33-35-37-39-41-43-45-49-53-57-61-65-69-73-84-78(83)72-68-64-60-56-52-48-18-16-14-12-10-8-6-4-2/h10,12,16,18-20,66,70,75-76,80-81H,3-9,11,13-15,17,21-65,67-69,71-74H2,1-2H3,(H,79,82)/b12-10-,18-16-,20-19-,70-66+. The van der Waals surface area contributed by atoms with Gasteiger partial charge in [-0.05, 0) is 83.5 Å². The number of carbonyl (C=O) groups excluding carboxylic acids is 2. The molecule has 0 aromatic carbocycles. The quantitative estimate of drug-likeness (QED) is 0.0320. The van der Waals surface area contributed by atoms with Crippen molar-refractivity contribution in [3.05, 3.63) is 48.6 Å². The van der Waals surface area contributed by atoms with Crippen LogP contribution >= 0.6 is 0 Å². The summed E-state index contributed by atoms with van der Waals surface area (Å²) in [7, 11) is 0. The summed E-state index contributed by atoms with van der Waals surface area (Å²) in [6.07, 6.45) is 96.6. The number of aliphatic hydroxyl groups excluding tert-OH is 2. The van der Waals surface area contributed by atoms with Crippen molar-refractivity contribution in [3.63, 3.8) is 0 Å². The van der Waals surface area contributed by atoms with Gasteiger partial charge in [-0.25, -0.2) is 0 Å². The third kappa shape index (κ3) is 68.9. The van der Waals surface area contributed by atoms with Gasteiger partial charge in [-0.2, -0.15) is 0 Å². The third-order valence-electron chi connectivity index (χ3n) is 17.6. The van der Waals surface area contributed by atoms with Crippen molar-refractivity contribution in [2.75, 3.05) is 13.2 Å². The van der Waals surface area contributed by atoms with Crippen molar-refractivity contribution in [3.8, 4) is 0 Å². The summed E-state index contributed by atoms with van der Waals surface area (Å²) in [6.45, 7) is 4.88. The Labute approximate surface area is 525 Å². The maximum Gasteiger partial charge on any atom is 0.305 e. The molecule has 0 rings (SSSR count). The SMILES string of the molecule is CCCC/C=C\C/C=C\CCCCCCCC(=O)OCCCCCCCCCCCCCCCCCCCC/C=C\CCCCCCCCCCCCCCCCCCCC(=O)NC(CO)C(O)/C=C/CCCCCCCCCCCCCC. The van der Waals surface area contributed by atoms with Crippen molar-refractivity contribution in [2.24, 2.45) is 0 Å². The van der Waals surface area contributed by atoms with Crippen LogP contribution in [0.5, 0.6) is 0 Å². The average molecular weight is 1180 g/mol. The molecule has 2 unspecified atom stereocenters. The number of nitrogens with one attached hydrogen (secondary N) is 1. The van der Waals surface area contributed by atoms with Crippen LogP contribution in [-0.2, 0) is 14.3 Å². The van der Waals surface area contributed by atoms with Gasteiger partial charge in [-0.3, -0.25) is 9.59 Å². The molecule has 3 N–H and O–H groups in total. The van der Waals surface area contributed by atoms with Crippen LogP contribution in [0, 0.1) is 0 Å². The number of aliphatic hydroxyl groups is 2. The lowest BCUT2D eigenvalue weighted by Crippen LogP contribution is -2.45. The van der Waals surface area contributed by atoms with Gasteiger partial charge in [0.2, 0.25) is 5.91 Å². The van der Waals surface area contributed by atoms with Gasteiger partial charge in [-0.1, -0.05) is 364 Å². The van der Waals surface area contributed by atoms with Gasteiger partial charge < -0.3 is 20.3 Å². The molecule has 0 fully saturated rings. The van der Waals surface area contributed by atoms with Crippen molar-refractivity contribution in [2.45, 2.75) is 424 Å². The first-order chi connectivity index (χ1) is 41.5. The van der Waals surface area contributed by atoms with Crippen molar-refractivity contribution >= 4 is 11.9 Å². The highest BCUT2D eigenvalue weighted by atomic mass is 16.5. The van der Waals surface area contributed by atoms with Crippen LogP contribution in [0.4, 0.5) is 0 Å². The number of hydrogen-bond acceptors (Lipinski definition) is 5. The number of rotatable bonds is 71. The fourth-order valence-corrected chi connectivity index (χ4v) is 11.8. The second-order valence-electron chi connectivity index (χ2n) is 26.0. The van der Waals surface area contributed by atoms with Gasteiger partial charge in [0.1, 0.15) is 0 Å². The summed E-state index contributed by atoms with van der Waals surface area (Å²) in [6, 6.07) is -0.624. The number of amides is 1. The van der Waals surface area contributed by atoms with E-state index in [1.54, 1.807) is 6.08 Å². The van der Waals surface area contributed by atoms with E-state index >= 15 is 0 Å². The fourth-order valence-electron chi connectivity index (χ4n) is 11.8. The number of allylic oxidation sites excluding steroid dienone is 7. The Bertz CT molecular complexity index is 1400. The second-order valence-corrected chi connectivity index (χ2v) is 26.0. The first-order valence-corrected chi connectivity index (χ1v) is 37.9. The summed E-state index contributed by atoms with van der Waals surface area (Å²) >= 11 is 0. The summed E-state index contributed by atoms with van der Waals surface area (Å²) in [4.78, 5) is 24.5. The molecule has 6 heteroatoms. The molecule has 2 atom stereocenters. The molecule has 0 spiro atoms. The number of esters is 1. The zero-order chi connectivity index (χ0) is 60.6. The van der Waals surface area contributed by atoms with Gasteiger partial charge in [-0.15, -0.1) is 0 Å². The zero-order valence-corrected chi connectivity index (χ0v) is 56.6. The number of hydrogen-bond donors (Lipinski definition) is 3. The van der Waals surface area contributed by atoms with E-state index in [1.807, 2.05) is 6.08 Å². The van der Waals surface area contributed by atoms with Gasteiger partial charge >= 0.3 is 5.97 Å². The molecular weight excluding hydrogens is 1030 g/mol. The first kappa shape index (κ1) is 81.8. The summed E-state index contributed by atoms with van der Waals surface area (Å²) in [5.74, 6) is -0.0541. The first-order valence-electron chi connectivity index (χ1n) is 37.9. The molecule has 1 amide bonds. The Hall–Kier alpha value is -2.18. The Morgan fingerprint density at radius 2 is 0.607 bits per heavy atom. The second kappa shape index (κ2) is 73.3. The molecule has 0 aliphatic heterocycles. The highest BCUT2D eigenvalue weighted by molar-refractivity contribution is 5.76. The van der Waals surface area contributed by atoms with Crippen molar-refractivity contribution < 1.29 is 24.5 Å². The smallest absolute Gasteiger partial charge is 0.305 e. The maximum atomic E-state index is 12.5. The lowest BCUT2D eigenvalue weighted by molar-refractivity contribution is -0.143. The van der Waals surface area contributed by atoms with Crippen LogP contribution in [-0.4, -0.2) is 47.4 Å². The molecule has 0 aromatic rings. The molecule has 0 aliphatic rings. The fraction of sp³-hybridized carbons (Fsp3) is 0.872. The van der Waals surface area contributed by atoms with Crippen LogP contribution in [0.15, 0.2) is 48.6 Å². The van der Waals surface area contributed by atoms with Gasteiger partial charge in [0.05, 0.1) is 25.4 Å². The molecule has 0 radical (unpaired) electrons. The highest BCUT2D eigenvalue weighted by Crippen LogP contribution is 2.19. The van der Waals surface area contributed by atoms with Gasteiger partial charge in [0.25, 0.3) is 0 Å². The van der Waals surface area contributed by atoms with Crippen LogP contribution in [0.3, 0.4) is 0 Å². The zero-order valence-electron chi connectivity index (χ0n) is 56.6. The van der Waals surface area contributed by atoms with Crippen LogP contribution in [0.25, 0.3) is 0 Å². The maximum absolute atomic E-state index is 12.5.